The van der Waals surface area contributed by atoms with Crippen molar-refractivity contribution in [2.75, 3.05) is 51.2 Å². The molecule has 4 rings (SSSR count). The predicted octanol–water partition coefficient (Wildman–Crippen LogP) is 0.373. The zero-order chi connectivity index (χ0) is 17.4. The van der Waals surface area contributed by atoms with Crippen molar-refractivity contribution in [3.05, 3.63) is 18.2 Å². The number of anilines is 1. The number of hydrogen-bond donors (Lipinski definition) is 0. The smallest absolute Gasteiger partial charge is 0.251 e. The molecule has 1 aromatic rings. The molecule has 25 heavy (non-hydrogen) atoms. The van der Waals surface area contributed by atoms with Gasteiger partial charge in [0.25, 0.3) is 5.91 Å². The molecule has 3 aliphatic heterocycles. The number of ether oxygens (including phenoxy) is 1. The maximum Gasteiger partial charge on any atom is 0.251 e. The third-order valence-electron chi connectivity index (χ3n) is 5.53. The molecule has 0 N–H and O–H groups in total. The Labute approximate surface area is 146 Å². The highest BCUT2D eigenvalue weighted by Gasteiger charge is 2.43. The molecule has 0 saturated carbocycles. The van der Waals surface area contributed by atoms with E-state index in [1.54, 1.807) is 0 Å². The molecule has 4 heterocycles. The van der Waals surface area contributed by atoms with Crippen LogP contribution in [-0.2, 0) is 9.53 Å². The van der Waals surface area contributed by atoms with Gasteiger partial charge in [-0.15, -0.1) is 0 Å². The molecule has 3 atom stereocenters. The molecule has 0 radical (unpaired) electrons. The third-order valence-corrected chi connectivity index (χ3v) is 5.53. The maximum absolute atomic E-state index is 13.0. The first-order valence-electron chi connectivity index (χ1n) is 8.95. The van der Waals surface area contributed by atoms with Gasteiger partial charge in [-0.05, 0) is 25.8 Å². The number of carbonyl (C=O) groups excluding carboxylic acids is 1. The molecular formula is C17H24FN5O2. The SMILES string of the molecule is CN1CCN(C(=O)[C@@H]2C[C@H]3CCN(c4ncc(F)cn4)C[C@H]3O2)CC1. The second-order valence-electron chi connectivity index (χ2n) is 7.22. The average Bonchev–Trinajstić information content (AvgIpc) is 3.05. The van der Waals surface area contributed by atoms with Crippen molar-refractivity contribution in [3.8, 4) is 0 Å². The fourth-order valence-corrected chi connectivity index (χ4v) is 3.97. The topological polar surface area (TPSA) is 61.8 Å². The summed E-state index contributed by atoms with van der Waals surface area (Å²) in [5.74, 6) is 0.621. The molecule has 3 fully saturated rings. The van der Waals surface area contributed by atoms with Gasteiger partial charge < -0.3 is 19.4 Å². The number of rotatable bonds is 2. The van der Waals surface area contributed by atoms with Crippen molar-refractivity contribution in [2.24, 2.45) is 5.92 Å². The van der Waals surface area contributed by atoms with Crippen molar-refractivity contribution in [1.29, 1.82) is 0 Å². The van der Waals surface area contributed by atoms with Crippen molar-refractivity contribution < 1.29 is 13.9 Å². The second kappa shape index (κ2) is 6.84. The Balaban J connectivity index is 1.36. The summed E-state index contributed by atoms with van der Waals surface area (Å²) in [6.45, 7) is 4.86. The van der Waals surface area contributed by atoms with Gasteiger partial charge in [-0.1, -0.05) is 0 Å². The summed E-state index contributed by atoms with van der Waals surface area (Å²) in [4.78, 5) is 27.0. The molecule has 0 unspecified atom stereocenters. The molecule has 7 nitrogen and oxygen atoms in total. The fourth-order valence-electron chi connectivity index (χ4n) is 3.97. The van der Waals surface area contributed by atoms with Crippen LogP contribution in [0.3, 0.4) is 0 Å². The minimum Gasteiger partial charge on any atom is -0.363 e. The average molecular weight is 349 g/mol. The van der Waals surface area contributed by atoms with Crippen molar-refractivity contribution in [2.45, 2.75) is 25.0 Å². The monoisotopic (exact) mass is 349 g/mol. The molecular weight excluding hydrogens is 325 g/mol. The van der Waals surface area contributed by atoms with E-state index in [0.29, 0.717) is 18.4 Å². The lowest BCUT2D eigenvalue weighted by atomic mass is 9.91. The van der Waals surface area contributed by atoms with E-state index >= 15 is 0 Å². The molecule has 3 aliphatic rings. The molecule has 0 aromatic carbocycles. The van der Waals surface area contributed by atoms with Crippen LogP contribution in [0.15, 0.2) is 12.4 Å². The van der Waals surface area contributed by atoms with Crippen LogP contribution in [0, 0.1) is 11.7 Å². The quantitative estimate of drug-likeness (QED) is 0.769. The van der Waals surface area contributed by atoms with E-state index in [1.807, 2.05) is 9.80 Å². The van der Waals surface area contributed by atoms with Gasteiger partial charge in [0.1, 0.15) is 6.10 Å². The number of nitrogens with zero attached hydrogens (tertiary/aromatic N) is 5. The molecule has 1 amide bonds. The number of hydrogen-bond acceptors (Lipinski definition) is 6. The Kier molecular flexibility index (Phi) is 4.56. The highest BCUT2D eigenvalue weighted by molar-refractivity contribution is 5.81. The van der Waals surface area contributed by atoms with E-state index in [4.69, 9.17) is 4.74 Å². The Bertz CT molecular complexity index is 620. The Morgan fingerprint density at radius 1 is 1.20 bits per heavy atom. The van der Waals surface area contributed by atoms with Gasteiger partial charge in [0, 0.05) is 39.3 Å². The van der Waals surface area contributed by atoms with Crippen LogP contribution >= 0.6 is 0 Å². The first-order valence-corrected chi connectivity index (χ1v) is 8.95. The van der Waals surface area contributed by atoms with Gasteiger partial charge in [0.05, 0.1) is 18.5 Å². The Hall–Kier alpha value is -1.80. The van der Waals surface area contributed by atoms with Crippen LogP contribution in [-0.4, -0.2) is 84.2 Å². The second-order valence-corrected chi connectivity index (χ2v) is 7.22. The lowest BCUT2D eigenvalue weighted by Gasteiger charge is -2.34. The molecule has 1 aromatic heterocycles. The van der Waals surface area contributed by atoms with Crippen LogP contribution in [0.5, 0.6) is 0 Å². The van der Waals surface area contributed by atoms with Gasteiger partial charge in [0.15, 0.2) is 5.82 Å². The predicted molar refractivity (Wildman–Crippen MR) is 89.7 cm³/mol. The standard InChI is InChI=1S/C17H24FN5O2/c1-21-4-6-22(7-5-21)16(24)14-8-12-2-3-23(11-15(12)25-14)17-19-9-13(18)10-20-17/h9-10,12,14-15H,2-8,11H2,1H3/t12-,14+,15-/m1/s1. The van der Waals surface area contributed by atoms with Crippen LogP contribution in [0.1, 0.15) is 12.8 Å². The van der Waals surface area contributed by atoms with Crippen LogP contribution < -0.4 is 4.90 Å². The number of carbonyl (C=O) groups is 1. The number of fused-ring (bicyclic) bond motifs is 1. The van der Waals surface area contributed by atoms with E-state index in [9.17, 15) is 9.18 Å². The molecule has 0 bridgehead atoms. The maximum atomic E-state index is 13.0. The summed E-state index contributed by atoms with van der Waals surface area (Å²) in [7, 11) is 2.08. The van der Waals surface area contributed by atoms with Gasteiger partial charge in [-0.3, -0.25) is 4.79 Å². The minimum atomic E-state index is -0.436. The number of halogens is 1. The number of amides is 1. The van der Waals surface area contributed by atoms with E-state index in [0.717, 1.165) is 45.6 Å². The van der Waals surface area contributed by atoms with Crippen LogP contribution in [0.2, 0.25) is 0 Å². The van der Waals surface area contributed by atoms with Crippen LogP contribution in [0.25, 0.3) is 0 Å². The van der Waals surface area contributed by atoms with Gasteiger partial charge in [-0.2, -0.15) is 0 Å². The summed E-state index contributed by atoms with van der Waals surface area (Å²) in [5.41, 5.74) is 0. The molecule has 0 spiro atoms. The Morgan fingerprint density at radius 2 is 1.92 bits per heavy atom. The van der Waals surface area contributed by atoms with Crippen molar-refractivity contribution in [1.82, 2.24) is 19.8 Å². The first-order chi connectivity index (χ1) is 12.1. The summed E-state index contributed by atoms with van der Waals surface area (Å²) >= 11 is 0. The Morgan fingerprint density at radius 3 is 2.64 bits per heavy atom. The summed E-state index contributed by atoms with van der Waals surface area (Å²) in [5, 5.41) is 0. The normalized spacial score (nSPS) is 30.4. The minimum absolute atomic E-state index is 0.0174. The summed E-state index contributed by atoms with van der Waals surface area (Å²) in [6.07, 6.45) is 3.80. The molecule has 136 valence electrons. The van der Waals surface area contributed by atoms with Crippen molar-refractivity contribution in [3.63, 3.8) is 0 Å². The van der Waals surface area contributed by atoms with Gasteiger partial charge >= 0.3 is 0 Å². The zero-order valence-corrected chi connectivity index (χ0v) is 14.5. The van der Waals surface area contributed by atoms with E-state index in [1.165, 1.54) is 12.4 Å². The fraction of sp³-hybridized carbons (Fsp3) is 0.706. The first kappa shape index (κ1) is 16.7. The highest BCUT2D eigenvalue weighted by Crippen LogP contribution is 2.35. The third kappa shape index (κ3) is 3.46. The molecule has 0 aliphatic carbocycles. The lowest BCUT2D eigenvalue weighted by molar-refractivity contribution is -0.144. The van der Waals surface area contributed by atoms with E-state index in [-0.39, 0.29) is 18.1 Å². The zero-order valence-electron chi connectivity index (χ0n) is 14.5. The van der Waals surface area contributed by atoms with Crippen molar-refractivity contribution >= 4 is 11.9 Å². The van der Waals surface area contributed by atoms with Gasteiger partial charge in [0.2, 0.25) is 5.95 Å². The highest BCUT2D eigenvalue weighted by atomic mass is 19.1. The number of piperazine rings is 1. The molecule has 8 heteroatoms. The van der Waals surface area contributed by atoms with Crippen LogP contribution in [0.4, 0.5) is 10.3 Å². The van der Waals surface area contributed by atoms with E-state index < -0.39 is 5.82 Å². The van der Waals surface area contributed by atoms with E-state index in [2.05, 4.69) is 21.9 Å². The lowest BCUT2D eigenvalue weighted by Crippen LogP contribution is -2.50. The molecule has 3 saturated heterocycles. The number of aromatic nitrogens is 2. The summed E-state index contributed by atoms with van der Waals surface area (Å²) < 4.78 is 19.1. The number of piperidine rings is 1. The summed E-state index contributed by atoms with van der Waals surface area (Å²) in [6, 6.07) is 0. The number of likely N-dealkylation sites (N-methyl/N-ethyl adjacent to an activating group) is 1. The van der Waals surface area contributed by atoms with Gasteiger partial charge in [-0.25, -0.2) is 14.4 Å². The largest absolute Gasteiger partial charge is 0.363 e.